The first-order valence-corrected chi connectivity index (χ1v) is 7.90. The lowest BCUT2D eigenvalue weighted by Gasteiger charge is -2.18. The number of nitrogens with zero attached hydrogens (tertiary/aromatic N) is 1. The summed E-state index contributed by atoms with van der Waals surface area (Å²) in [5, 5.41) is 0. The summed E-state index contributed by atoms with van der Waals surface area (Å²) < 4.78 is 1.02. The fourth-order valence-electron chi connectivity index (χ4n) is 2.22. The van der Waals surface area contributed by atoms with Crippen molar-refractivity contribution in [2.45, 2.75) is 26.8 Å². The molecule has 110 valence electrons. The number of carbonyl (C=O) groups excluding carboxylic acids is 1. The van der Waals surface area contributed by atoms with Gasteiger partial charge in [0.2, 0.25) is 0 Å². The van der Waals surface area contributed by atoms with E-state index < -0.39 is 0 Å². The lowest BCUT2D eigenvalue weighted by atomic mass is 10.1. The van der Waals surface area contributed by atoms with Crippen LogP contribution in [-0.4, -0.2) is 17.9 Å². The fourth-order valence-corrected chi connectivity index (χ4v) is 2.47. The molecule has 0 atom stereocenters. The molecule has 0 aliphatic carbocycles. The quantitative estimate of drug-likeness (QED) is 0.793. The van der Waals surface area contributed by atoms with Gasteiger partial charge in [-0.15, -0.1) is 0 Å². The molecule has 0 unspecified atom stereocenters. The maximum Gasteiger partial charge on any atom is 0.253 e. The third kappa shape index (κ3) is 3.94. The molecule has 3 heteroatoms. The highest BCUT2D eigenvalue weighted by atomic mass is 79.9. The smallest absolute Gasteiger partial charge is 0.253 e. The molecule has 0 fully saturated rings. The van der Waals surface area contributed by atoms with Gasteiger partial charge in [0, 0.05) is 23.6 Å². The van der Waals surface area contributed by atoms with E-state index in [0.717, 1.165) is 27.6 Å². The number of benzene rings is 2. The Bertz CT molecular complexity index is 634. The van der Waals surface area contributed by atoms with Crippen LogP contribution in [0.1, 0.15) is 34.0 Å². The zero-order valence-corrected chi connectivity index (χ0v) is 14.3. The molecule has 0 aromatic heterocycles. The Hall–Kier alpha value is -1.61. The van der Waals surface area contributed by atoms with E-state index in [1.165, 1.54) is 5.56 Å². The molecule has 0 radical (unpaired) electrons. The van der Waals surface area contributed by atoms with Gasteiger partial charge in [-0.1, -0.05) is 47.1 Å². The van der Waals surface area contributed by atoms with Gasteiger partial charge in [-0.3, -0.25) is 4.79 Å². The highest BCUT2D eigenvalue weighted by molar-refractivity contribution is 9.10. The minimum Gasteiger partial charge on any atom is -0.337 e. The molecule has 2 rings (SSSR count). The molecule has 2 nitrogen and oxygen atoms in total. The van der Waals surface area contributed by atoms with Crippen molar-refractivity contribution < 1.29 is 4.79 Å². The van der Waals surface area contributed by atoms with Gasteiger partial charge in [-0.05, 0) is 48.2 Å². The van der Waals surface area contributed by atoms with E-state index in [0.29, 0.717) is 6.54 Å². The maximum absolute atomic E-state index is 12.4. The summed E-state index contributed by atoms with van der Waals surface area (Å²) in [5.41, 5.74) is 4.26. The number of amides is 1. The minimum absolute atomic E-state index is 0.0465. The van der Waals surface area contributed by atoms with Gasteiger partial charge in [-0.2, -0.15) is 0 Å². The third-order valence-electron chi connectivity index (χ3n) is 3.60. The average Bonchev–Trinajstić information content (AvgIpc) is 2.50. The molecule has 0 spiro atoms. The van der Waals surface area contributed by atoms with Crippen molar-refractivity contribution in [1.29, 1.82) is 0 Å². The predicted octanol–water partition coefficient (Wildman–Crippen LogP) is 4.59. The summed E-state index contributed by atoms with van der Waals surface area (Å²) in [7, 11) is 1.84. The highest BCUT2D eigenvalue weighted by Crippen LogP contribution is 2.18. The van der Waals surface area contributed by atoms with Crippen molar-refractivity contribution in [3.63, 3.8) is 0 Å². The van der Waals surface area contributed by atoms with Crippen molar-refractivity contribution in [2.75, 3.05) is 7.05 Å². The average molecular weight is 346 g/mol. The molecule has 0 N–H and O–H groups in total. The Kier molecular flexibility index (Phi) is 5.18. The molecule has 0 bridgehead atoms. The van der Waals surface area contributed by atoms with E-state index in [4.69, 9.17) is 0 Å². The van der Waals surface area contributed by atoms with Crippen LogP contribution in [0.3, 0.4) is 0 Å². The summed E-state index contributed by atoms with van der Waals surface area (Å²) in [6.07, 6.45) is 1.03. The Morgan fingerprint density at radius 1 is 1.10 bits per heavy atom. The highest BCUT2D eigenvalue weighted by Gasteiger charge is 2.12. The predicted molar refractivity (Wildman–Crippen MR) is 90.5 cm³/mol. The van der Waals surface area contributed by atoms with Gasteiger partial charge in [0.05, 0.1) is 0 Å². The second-order valence-electron chi connectivity index (χ2n) is 5.30. The van der Waals surface area contributed by atoms with Crippen molar-refractivity contribution >= 4 is 21.8 Å². The molecule has 0 heterocycles. The molecular formula is C18H20BrNO. The van der Waals surface area contributed by atoms with Crippen LogP contribution in [0, 0.1) is 6.92 Å². The van der Waals surface area contributed by atoms with Gasteiger partial charge in [0.1, 0.15) is 0 Å². The topological polar surface area (TPSA) is 20.3 Å². The molecule has 0 aliphatic rings. The lowest BCUT2D eigenvalue weighted by molar-refractivity contribution is 0.0785. The third-order valence-corrected chi connectivity index (χ3v) is 4.49. The summed E-state index contributed by atoms with van der Waals surface area (Å²) in [4.78, 5) is 14.2. The fraction of sp³-hybridized carbons (Fsp3) is 0.278. The Morgan fingerprint density at radius 3 is 2.29 bits per heavy atom. The van der Waals surface area contributed by atoms with Crippen LogP contribution < -0.4 is 0 Å². The summed E-state index contributed by atoms with van der Waals surface area (Å²) >= 11 is 3.46. The maximum atomic E-state index is 12.4. The first kappa shape index (κ1) is 15.8. The number of rotatable bonds is 4. The van der Waals surface area contributed by atoms with Crippen molar-refractivity contribution in [3.8, 4) is 0 Å². The Balaban J connectivity index is 2.09. The van der Waals surface area contributed by atoms with Crippen LogP contribution in [0.15, 0.2) is 46.9 Å². The van der Waals surface area contributed by atoms with Crippen LogP contribution in [0.4, 0.5) is 0 Å². The summed E-state index contributed by atoms with van der Waals surface area (Å²) in [6.45, 7) is 4.75. The van der Waals surface area contributed by atoms with E-state index in [-0.39, 0.29) is 5.91 Å². The lowest BCUT2D eigenvalue weighted by Crippen LogP contribution is -2.26. The first-order chi connectivity index (χ1) is 10.0. The molecule has 0 saturated carbocycles. The molecule has 2 aromatic rings. The SMILES string of the molecule is CCc1ccc(CN(C)C(=O)c2ccc(Br)c(C)c2)cc1. The minimum atomic E-state index is 0.0465. The normalized spacial score (nSPS) is 10.5. The van der Waals surface area contributed by atoms with Gasteiger partial charge >= 0.3 is 0 Å². The second-order valence-corrected chi connectivity index (χ2v) is 6.15. The molecular weight excluding hydrogens is 326 g/mol. The molecule has 21 heavy (non-hydrogen) atoms. The van der Waals surface area contributed by atoms with Crippen molar-refractivity contribution in [3.05, 3.63) is 69.2 Å². The van der Waals surface area contributed by atoms with Gasteiger partial charge in [0.15, 0.2) is 0 Å². The van der Waals surface area contributed by atoms with Gasteiger partial charge in [-0.25, -0.2) is 0 Å². The standard InChI is InChI=1S/C18H20BrNO/c1-4-14-5-7-15(8-6-14)12-20(3)18(21)16-9-10-17(19)13(2)11-16/h5-11H,4,12H2,1-3H3. The van der Waals surface area contributed by atoms with Crippen molar-refractivity contribution in [2.24, 2.45) is 0 Å². The van der Waals surface area contributed by atoms with Crippen LogP contribution in [0.2, 0.25) is 0 Å². The van der Waals surface area contributed by atoms with Gasteiger partial charge in [0.25, 0.3) is 5.91 Å². The number of hydrogen-bond acceptors (Lipinski definition) is 1. The summed E-state index contributed by atoms with van der Waals surface area (Å²) in [6, 6.07) is 14.1. The van der Waals surface area contributed by atoms with E-state index in [2.05, 4.69) is 47.1 Å². The second kappa shape index (κ2) is 6.90. The van der Waals surface area contributed by atoms with E-state index in [1.54, 1.807) is 4.90 Å². The molecule has 0 saturated heterocycles. The van der Waals surface area contributed by atoms with Crippen LogP contribution in [0.5, 0.6) is 0 Å². The van der Waals surface area contributed by atoms with Crippen molar-refractivity contribution in [1.82, 2.24) is 4.90 Å². The Morgan fingerprint density at radius 2 is 1.71 bits per heavy atom. The van der Waals surface area contributed by atoms with Gasteiger partial charge < -0.3 is 4.90 Å². The van der Waals surface area contributed by atoms with Crippen LogP contribution in [0.25, 0.3) is 0 Å². The molecule has 2 aromatic carbocycles. The van der Waals surface area contributed by atoms with E-state index >= 15 is 0 Å². The Labute approximate surface area is 134 Å². The van der Waals surface area contributed by atoms with E-state index in [1.807, 2.05) is 32.2 Å². The van der Waals surface area contributed by atoms with Crippen LogP contribution >= 0.6 is 15.9 Å². The zero-order valence-electron chi connectivity index (χ0n) is 12.7. The molecule has 0 aliphatic heterocycles. The number of aryl methyl sites for hydroxylation is 2. The van der Waals surface area contributed by atoms with Crippen LogP contribution in [-0.2, 0) is 13.0 Å². The number of carbonyl (C=O) groups is 1. The number of halogens is 1. The zero-order chi connectivity index (χ0) is 15.4. The first-order valence-electron chi connectivity index (χ1n) is 7.10. The monoisotopic (exact) mass is 345 g/mol. The summed E-state index contributed by atoms with van der Waals surface area (Å²) in [5.74, 6) is 0.0465. The molecule has 1 amide bonds. The van der Waals surface area contributed by atoms with E-state index in [9.17, 15) is 4.79 Å². The largest absolute Gasteiger partial charge is 0.337 e. The number of hydrogen-bond donors (Lipinski definition) is 0.